The molecule has 0 saturated heterocycles. The lowest BCUT2D eigenvalue weighted by Gasteiger charge is -2.15. The average Bonchev–Trinajstić information content (AvgIpc) is 2.48. The summed E-state index contributed by atoms with van der Waals surface area (Å²) in [7, 11) is -1.09. The summed E-state index contributed by atoms with van der Waals surface area (Å²) in [5, 5.41) is 9.71. The highest BCUT2D eigenvalue weighted by Gasteiger charge is 2.22. The SMILES string of the molecule is COc1cc(S(=O)(=O)Nc2ccccc2O)c(OC)cc1C. The summed E-state index contributed by atoms with van der Waals surface area (Å²) in [6.45, 7) is 1.79. The lowest BCUT2D eigenvalue weighted by atomic mass is 10.2. The molecule has 2 aromatic rings. The normalized spacial score (nSPS) is 11.0. The first-order valence-corrected chi connectivity index (χ1v) is 7.91. The van der Waals surface area contributed by atoms with Crippen LogP contribution in [0.25, 0.3) is 0 Å². The van der Waals surface area contributed by atoms with Gasteiger partial charge in [0.25, 0.3) is 10.0 Å². The Morgan fingerprint density at radius 3 is 2.27 bits per heavy atom. The Balaban J connectivity index is 2.51. The number of phenols is 1. The third kappa shape index (κ3) is 3.09. The van der Waals surface area contributed by atoms with Crippen molar-refractivity contribution in [1.82, 2.24) is 0 Å². The van der Waals surface area contributed by atoms with Crippen LogP contribution in [-0.2, 0) is 10.0 Å². The van der Waals surface area contributed by atoms with Crippen molar-refractivity contribution in [3.05, 3.63) is 42.0 Å². The summed E-state index contributed by atoms with van der Waals surface area (Å²) in [6.07, 6.45) is 0. The maximum absolute atomic E-state index is 12.6. The summed E-state index contributed by atoms with van der Waals surface area (Å²) in [6, 6.07) is 9.04. The van der Waals surface area contributed by atoms with E-state index in [1.165, 1.54) is 32.4 Å². The predicted octanol–water partition coefficient (Wildman–Crippen LogP) is 2.52. The lowest BCUT2D eigenvalue weighted by molar-refractivity contribution is 0.390. The summed E-state index contributed by atoms with van der Waals surface area (Å²) in [5.41, 5.74) is 0.838. The molecule has 0 unspecified atom stereocenters. The Morgan fingerprint density at radius 1 is 1.05 bits per heavy atom. The highest BCUT2D eigenvalue weighted by molar-refractivity contribution is 7.92. The van der Waals surface area contributed by atoms with Crippen LogP contribution in [0.2, 0.25) is 0 Å². The number of ether oxygens (including phenoxy) is 2. The van der Waals surface area contributed by atoms with Crippen molar-refractivity contribution in [1.29, 1.82) is 0 Å². The Hall–Kier alpha value is -2.41. The Bertz CT molecular complexity index is 787. The third-order valence-electron chi connectivity index (χ3n) is 3.12. The number of anilines is 1. The fourth-order valence-corrected chi connectivity index (χ4v) is 3.23. The highest BCUT2D eigenvalue weighted by atomic mass is 32.2. The van der Waals surface area contributed by atoms with Crippen molar-refractivity contribution in [2.24, 2.45) is 0 Å². The molecule has 7 heteroatoms. The monoisotopic (exact) mass is 323 g/mol. The molecule has 0 amide bonds. The fourth-order valence-electron chi connectivity index (χ4n) is 1.99. The summed E-state index contributed by atoms with van der Waals surface area (Å²) in [4.78, 5) is -0.0688. The van der Waals surface area contributed by atoms with Crippen LogP contribution in [0.5, 0.6) is 17.2 Å². The second-order valence-electron chi connectivity index (χ2n) is 4.60. The van der Waals surface area contributed by atoms with E-state index in [2.05, 4.69) is 4.72 Å². The van der Waals surface area contributed by atoms with E-state index >= 15 is 0 Å². The van der Waals surface area contributed by atoms with Crippen LogP contribution in [0.15, 0.2) is 41.3 Å². The van der Waals surface area contributed by atoms with Gasteiger partial charge in [0.1, 0.15) is 22.1 Å². The Labute approximate surface area is 129 Å². The van der Waals surface area contributed by atoms with Crippen molar-refractivity contribution in [2.75, 3.05) is 18.9 Å². The largest absolute Gasteiger partial charge is 0.506 e. The summed E-state index contributed by atoms with van der Waals surface area (Å²) >= 11 is 0. The second-order valence-corrected chi connectivity index (χ2v) is 6.25. The number of rotatable bonds is 5. The van der Waals surface area contributed by atoms with Crippen LogP contribution >= 0.6 is 0 Å². The van der Waals surface area contributed by atoms with Gasteiger partial charge in [-0.1, -0.05) is 12.1 Å². The molecule has 6 nitrogen and oxygen atoms in total. The molecule has 0 atom stereocenters. The Kier molecular flexibility index (Phi) is 4.46. The number of aromatic hydroxyl groups is 1. The van der Waals surface area contributed by atoms with Gasteiger partial charge >= 0.3 is 0 Å². The number of hydrogen-bond acceptors (Lipinski definition) is 5. The topological polar surface area (TPSA) is 84.9 Å². The van der Waals surface area contributed by atoms with Crippen molar-refractivity contribution >= 4 is 15.7 Å². The minimum Gasteiger partial charge on any atom is -0.506 e. The molecule has 2 N–H and O–H groups in total. The first-order chi connectivity index (χ1) is 10.4. The number of nitrogens with one attached hydrogen (secondary N) is 1. The standard InChI is InChI=1S/C15H17NO5S/c1-10-8-14(21-3)15(9-13(10)20-2)22(18,19)16-11-6-4-5-7-12(11)17/h4-9,16-17H,1-3H3. The van der Waals surface area contributed by atoms with Gasteiger partial charge in [0, 0.05) is 6.07 Å². The molecule has 2 aromatic carbocycles. The van der Waals surface area contributed by atoms with Gasteiger partial charge in [0.05, 0.1) is 19.9 Å². The van der Waals surface area contributed by atoms with Gasteiger partial charge in [0.2, 0.25) is 0 Å². The molecule has 22 heavy (non-hydrogen) atoms. The lowest BCUT2D eigenvalue weighted by Crippen LogP contribution is -2.14. The smallest absolute Gasteiger partial charge is 0.265 e. The van der Waals surface area contributed by atoms with Crippen molar-refractivity contribution in [3.63, 3.8) is 0 Å². The van der Waals surface area contributed by atoms with E-state index in [0.717, 1.165) is 5.56 Å². The van der Waals surface area contributed by atoms with Crippen molar-refractivity contribution < 1.29 is 23.0 Å². The Morgan fingerprint density at radius 2 is 1.68 bits per heavy atom. The van der Waals surface area contributed by atoms with Crippen LogP contribution in [0.3, 0.4) is 0 Å². The molecular formula is C15H17NO5S. The maximum Gasteiger partial charge on any atom is 0.265 e. The molecule has 0 aliphatic carbocycles. The van der Waals surface area contributed by atoms with E-state index < -0.39 is 10.0 Å². The molecule has 0 aromatic heterocycles. The summed E-state index contributed by atoms with van der Waals surface area (Å²) in [5.74, 6) is 0.462. The quantitative estimate of drug-likeness (QED) is 0.826. The van der Waals surface area contributed by atoms with Gasteiger partial charge in [-0.15, -0.1) is 0 Å². The number of aryl methyl sites for hydroxylation is 1. The molecular weight excluding hydrogens is 306 g/mol. The molecule has 118 valence electrons. The van der Waals surface area contributed by atoms with Gasteiger partial charge in [-0.05, 0) is 30.7 Å². The predicted molar refractivity (Wildman–Crippen MR) is 83.2 cm³/mol. The third-order valence-corrected chi connectivity index (χ3v) is 4.51. The molecule has 0 aliphatic rings. The zero-order chi connectivity index (χ0) is 16.3. The van der Waals surface area contributed by atoms with E-state index in [0.29, 0.717) is 5.75 Å². The first-order valence-electron chi connectivity index (χ1n) is 6.42. The molecule has 0 fully saturated rings. The molecule has 2 rings (SSSR count). The van der Waals surface area contributed by atoms with Crippen LogP contribution in [0.4, 0.5) is 5.69 Å². The van der Waals surface area contributed by atoms with Crippen LogP contribution in [0, 0.1) is 6.92 Å². The minimum absolute atomic E-state index is 0.0688. The van der Waals surface area contributed by atoms with Gasteiger partial charge < -0.3 is 14.6 Å². The number of phenolic OH excluding ortho intramolecular Hbond substituents is 1. The molecule has 0 aliphatic heterocycles. The van der Waals surface area contributed by atoms with E-state index in [-0.39, 0.29) is 22.1 Å². The molecule has 0 bridgehead atoms. The molecule has 0 spiro atoms. The van der Waals surface area contributed by atoms with Crippen molar-refractivity contribution in [3.8, 4) is 17.2 Å². The van der Waals surface area contributed by atoms with Crippen LogP contribution < -0.4 is 14.2 Å². The van der Waals surface area contributed by atoms with E-state index in [1.807, 2.05) is 0 Å². The zero-order valence-corrected chi connectivity index (χ0v) is 13.3. The van der Waals surface area contributed by atoms with Crippen LogP contribution in [-0.4, -0.2) is 27.7 Å². The number of benzene rings is 2. The van der Waals surface area contributed by atoms with Crippen molar-refractivity contribution in [2.45, 2.75) is 11.8 Å². The second kappa shape index (κ2) is 6.15. The van der Waals surface area contributed by atoms with Gasteiger partial charge in [-0.3, -0.25) is 4.72 Å². The number of methoxy groups -OCH3 is 2. The first kappa shape index (κ1) is 16.0. The molecule has 0 radical (unpaired) electrons. The van der Waals surface area contributed by atoms with Gasteiger partial charge in [-0.25, -0.2) is 8.42 Å². The molecule has 0 heterocycles. The number of hydrogen-bond donors (Lipinski definition) is 2. The minimum atomic E-state index is -3.94. The average molecular weight is 323 g/mol. The van der Waals surface area contributed by atoms with Crippen LogP contribution in [0.1, 0.15) is 5.56 Å². The van der Waals surface area contributed by atoms with E-state index in [1.54, 1.807) is 25.1 Å². The van der Waals surface area contributed by atoms with E-state index in [9.17, 15) is 13.5 Å². The summed E-state index contributed by atoms with van der Waals surface area (Å²) < 4.78 is 37.7. The highest BCUT2D eigenvalue weighted by Crippen LogP contribution is 2.33. The van der Waals surface area contributed by atoms with Gasteiger partial charge in [0.15, 0.2) is 0 Å². The van der Waals surface area contributed by atoms with Gasteiger partial charge in [-0.2, -0.15) is 0 Å². The number of para-hydroxylation sites is 2. The molecule has 0 saturated carbocycles. The maximum atomic E-state index is 12.6. The fraction of sp³-hybridized carbons (Fsp3) is 0.200. The number of sulfonamides is 1. The zero-order valence-electron chi connectivity index (χ0n) is 12.5. The van der Waals surface area contributed by atoms with E-state index in [4.69, 9.17) is 9.47 Å².